The summed E-state index contributed by atoms with van der Waals surface area (Å²) >= 11 is 0. The number of aliphatic carboxylic acids is 1. The number of carbonyl (C=O) groups is 3. The molecule has 0 bridgehead atoms. The number of amides is 3. The molecule has 114 valence electrons. The van der Waals surface area contributed by atoms with E-state index < -0.39 is 18.0 Å². The number of carboxylic acid groups (broad SMARTS) is 1. The van der Waals surface area contributed by atoms with Gasteiger partial charge in [-0.2, -0.15) is 0 Å². The molecule has 0 saturated carbocycles. The lowest BCUT2D eigenvalue weighted by molar-refractivity contribution is -0.137. The zero-order chi connectivity index (χ0) is 15.1. The van der Waals surface area contributed by atoms with Gasteiger partial charge >= 0.3 is 12.0 Å². The lowest BCUT2D eigenvalue weighted by Crippen LogP contribution is -2.53. The minimum Gasteiger partial charge on any atom is -0.480 e. The maximum absolute atomic E-state index is 12.1. The largest absolute Gasteiger partial charge is 0.480 e. The Morgan fingerprint density at radius 1 is 1.35 bits per heavy atom. The normalized spacial score (nSPS) is 16.4. The smallest absolute Gasteiger partial charge is 0.323 e. The third-order valence-electron chi connectivity index (χ3n) is 3.03. The molecular weight excluding hydrogens is 266 g/mol. The van der Waals surface area contributed by atoms with Crippen LogP contribution in [0.1, 0.15) is 13.8 Å². The number of carboxylic acids is 1. The SMILES string of the molecule is CCN(CC(=O)O)C(=O)NC(C)C(=O)N1CCOCC1. The van der Waals surface area contributed by atoms with Crippen LogP contribution in [0.15, 0.2) is 0 Å². The third-order valence-corrected chi connectivity index (χ3v) is 3.03. The fraction of sp³-hybridized carbons (Fsp3) is 0.750. The number of rotatable bonds is 5. The quantitative estimate of drug-likeness (QED) is 0.700. The van der Waals surface area contributed by atoms with E-state index in [2.05, 4.69) is 5.32 Å². The molecule has 20 heavy (non-hydrogen) atoms. The van der Waals surface area contributed by atoms with Crippen LogP contribution in [0.3, 0.4) is 0 Å². The van der Waals surface area contributed by atoms with E-state index in [4.69, 9.17) is 9.84 Å². The second kappa shape index (κ2) is 7.68. The van der Waals surface area contributed by atoms with E-state index in [1.165, 1.54) is 0 Å². The molecule has 8 nitrogen and oxygen atoms in total. The highest BCUT2D eigenvalue weighted by Gasteiger charge is 2.25. The molecule has 0 radical (unpaired) electrons. The number of carbonyl (C=O) groups excluding carboxylic acids is 2. The average Bonchev–Trinajstić information content (AvgIpc) is 2.44. The number of likely N-dealkylation sites (N-methyl/N-ethyl adjacent to an activating group) is 1. The lowest BCUT2D eigenvalue weighted by Gasteiger charge is -2.30. The summed E-state index contributed by atoms with van der Waals surface area (Å²) in [7, 11) is 0. The molecule has 3 amide bonds. The molecule has 0 aromatic heterocycles. The fourth-order valence-electron chi connectivity index (χ4n) is 1.89. The van der Waals surface area contributed by atoms with Crippen molar-refractivity contribution < 1.29 is 24.2 Å². The van der Waals surface area contributed by atoms with Crippen molar-refractivity contribution in [3.8, 4) is 0 Å². The molecule has 1 fully saturated rings. The zero-order valence-electron chi connectivity index (χ0n) is 11.8. The Morgan fingerprint density at radius 3 is 2.45 bits per heavy atom. The van der Waals surface area contributed by atoms with E-state index in [1.807, 2.05) is 0 Å². The van der Waals surface area contributed by atoms with Crippen molar-refractivity contribution in [1.82, 2.24) is 15.1 Å². The van der Waals surface area contributed by atoms with Gasteiger partial charge in [0.2, 0.25) is 5.91 Å². The average molecular weight is 287 g/mol. The summed E-state index contributed by atoms with van der Waals surface area (Å²) in [6.07, 6.45) is 0. The van der Waals surface area contributed by atoms with Crippen LogP contribution in [0.5, 0.6) is 0 Å². The molecule has 0 aromatic carbocycles. The van der Waals surface area contributed by atoms with Gasteiger partial charge in [-0.25, -0.2) is 4.79 Å². The monoisotopic (exact) mass is 287 g/mol. The Kier molecular flexibility index (Phi) is 6.23. The molecule has 1 saturated heterocycles. The standard InChI is InChI=1S/C12H21N3O5/c1-3-14(8-10(16)17)12(19)13-9(2)11(18)15-4-6-20-7-5-15/h9H,3-8H2,1-2H3,(H,13,19)(H,16,17). The summed E-state index contributed by atoms with van der Waals surface area (Å²) in [4.78, 5) is 37.3. The highest BCUT2D eigenvalue weighted by molar-refractivity contribution is 5.87. The number of nitrogens with one attached hydrogen (secondary N) is 1. The Morgan fingerprint density at radius 2 is 1.95 bits per heavy atom. The van der Waals surface area contributed by atoms with Gasteiger partial charge in [0.25, 0.3) is 0 Å². The molecule has 1 heterocycles. The van der Waals surface area contributed by atoms with Gasteiger partial charge in [-0.05, 0) is 13.8 Å². The lowest BCUT2D eigenvalue weighted by atomic mass is 10.2. The molecular formula is C12H21N3O5. The topological polar surface area (TPSA) is 99.2 Å². The molecule has 8 heteroatoms. The molecule has 0 aromatic rings. The van der Waals surface area contributed by atoms with Gasteiger partial charge in [0.05, 0.1) is 13.2 Å². The van der Waals surface area contributed by atoms with E-state index in [-0.39, 0.29) is 19.0 Å². The molecule has 1 atom stereocenters. The minimum absolute atomic E-state index is 0.187. The Balaban J connectivity index is 2.50. The second-order valence-corrected chi connectivity index (χ2v) is 4.52. The third kappa shape index (κ3) is 4.69. The molecule has 1 unspecified atom stereocenters. The van der Waals surface area contributed by atoms with Gasteiger partial charge < -0.3 is 25.0 Å². The number of hydrogen-bond acceptors (Lipinski definition) is 4. The van der Waals surface area contributed by atoms with Gasteiger partial charge in [-0.3, -0.25) is 9.59 Å². The summed E-state index contributed by atoms with van der Waals surface area (Å²) < 4.78 is 5.16. The molecule has 0 spiro atoms. The van der Waals surface area contributed by atoms with E-state index in [0.29, 0.717) is 26.3 Å². The van der Waals surface area contributed by atoms with Crippen LogP contribution in [0.4, 0.5) is 4.79 Å². The van der Waals surface area contributed by atoms with Crippen LogP contribution in [-0.4, -0.2) is 78.2 Å². The summed E-state index contributed by atoms with van der Waals surface area (Å²) in [5.74, 6) is -1.28. The van der Waals surface area contributed by atoms with Crippen molar-refractivity contribution in [1.29, 1.82) is 0 Å². The van der Waals surface area contributed by atoms with Crippen LogP contribution >= 0.6 is 0 Å². The Bertz CT molecular complexity index is 368. The predicted octanol–water partition coefficient (Wildman–Crippen LogP) is -0.650. The van der Waals surface area contributed by atoms with E-state index in [0.717, 1.165) is 4.90 Å². The summed E-state index contributed by atoms with van der Waals surface area (Å²) in [6, 6.07) is -1.24. The maximum Gasteiger partial charge on any atom is 0.323 e. The summed E-state index contributed by atoms with van der Waals surface area (Å²) in [6.45, 7) is 5.13. The second-order valence-electron chi connectivity index (χ2n) is 4.52. The predicted molar refractivity (Wildman–Crippen MR) is 70.3 cm³/mol. The van der Waals surface area contributed by atoms with E-state index >= 15 is 0 Å². The van der Waals surface area contributed by atoms with E-state index in [9.17, 15) is 14.4 Å². The first-order chi connectivity index (χ1) is 9.45. The van der Waals surface area contributed by atoms with Crippen molar-refractivity contribution in [2.45, 2.75) is 19.9 Å². The summed E-state index contributed by atoms with van der Waals surface area (Å²) in [5, 5.41) is 11.2. The van der Waals surface area contributed by atoms with Crippen molar-refractivity contribution >= 4 is 17.9 Å². The number of ether oxygens (including phenoxy) is 1. The minimum atomic E-state index is -1.09. The van der Waals surface area contributed by atoms with Crippen LogP contribution in [0.25, 0.3) is 0 Å². The van der Waals surface area contributed by atoms with E-state index in [1.54, 1.807) is 18.7 Å². The molecule has 1 aliphatic heterocycles. The van der Waals surface area contributed by atoms with Gasteiger partial charge in [-0.1, -0.05) is 0 Å². The Labute approximate surface area is 117 Å². The number of morpholine rings is 1. The van der Waals surface area contributed by atoms with Crippen LogP contribution in [0.2, 0.25) is 0 Å². The highest BCUT2D eigenvalue weighted by atomic mass is 16.5. The first kappa shape index (κ1) is 16.2. The zero-order valence-corrected chi connectivity index (χ0v) is 11.8. The van der Waals surface area contributed by atoms with Gasteiger partial charge in [-0.15, -0.1) is 0 Å². The van der Waals surface area contributed by atoms with Crippen molar-refractivity contribution in [3.05, 3.63) is 0 Å². The van der Waals surface area contributed by atoms with Crippen molar-refractivity contribution in [2.24, 2.45) is 0 Å². The highest BCUT2D eigenvalue weighted by Crippen LogP contribution is 2.01. The van der Waals surface area contributed by atoms with Crippen molar-refractivity contribution in [2.75, 3.05) is 39.4 Å². The van der Waals surface area contributed by atoms with Crippen LogP contribution in [0, 0.1) is 0 Å². The first-order valence-electron chi connectivity index (χ1n) is 6.59. The van der Waals surface area contributed by atoms with Crippen LogP contribution < -0.4 is 5.32 Å². The van der Waals surface area contributed by atoms with Gasteiger partial charge in [0.15, 0.2) is 0 Å². The Hall–Kier alpha value is -1.83. The first-order valence-corrected chi connectivity index (χ1v) is 6.59. The summed E-state index contributed by atoms with van der Waals surface area (Å²) in [5.41, 5.74) is 0. The molecule has 1 rings (SSSR count). The number of hydrogen-bond donors (Lipinski definition) is 2. The van der Waals surface area contributed by atoms with Gasteiger partial charge in [0, 0.05) is 19.6 Å². The molecule has 2 N–H and O–H groups in total. The van der Waals surface area contributed by atoms with Gasteiger partial charge in [0.1, 0.15) is 12.6 Å². The molecule has 0 aliphatic carbocycles. The molecule has 1 aliphatic rings. The fourth-order valence-corrected chi connectivity index (χ4v) is 1.89. The van der Waals surface area contributed by atoms with Crippen LogP contribution in [-0.2, 0) is 14.3 Å². The van der Waals surface area contributed by atoms with Crippen molar-refractivity contribution in [3.63, 3.8) is 0 Å². The number of nitrogens with zero attached hydrogens (tertiary/aromatic N) is 2. The maximum atomic E-state index is 12.1. The number of urea groups is 1.